The molecule has 0 aliphatic rings. The van der Waals surface area contributed by atoms with Gasteiger partial charge in [-0.1, -0.05) is 25.1 Å². The Balaban J connectivity index is 2.24. The third-order valence-electron chi connectivity index (χ3n) is 3.53. The lowest BCUT2D eigenvalue weighted by molar-refractivity contribution is 0.274. The van der Waals surface area contributed by atoms with Crippen LogP contribution in [0, 0.1) is 0 Å². The van der Waals surface area contributed by atoms with Crippen LogP contribution in [0.3, 0.4) is 0 Å². The molecule has 2 rings (SSSR count). The van der Waals surface area contributed by atoms with Crippen molar-refractivity contribution in [1.29, 1.82) is 0 Å². The molecule has 0 unspecified atom stereocenters. The summed E-state index contributed by atoms with van der Waals surface area (Å²) >= 11 is 0. The Labute approximate surface area is 115 Å². The van der Waals surface area contributed by atoms with Crippen molar-refractivity contribution >= 4 is 10.9 Å². The van der Waals surface area contributed by atoms with Gasteiger partial charge in [0.2, 0.25) is 0 Å². The third-order valence-corrected chi connectivity index (χ3v) is 3.53. The van der Waals surface area contributed by atoms with Crippen LogP contribution in [0.1, 0.15) is 26.0 Å². The topological polar surface area (TPSA) is 47.1 Å². The van der Waals surface area contributed by atoms with E-state index in [-0.39, 0.29) is 0 Å². The molecule has 0 radical (unpaired) electrons. The normalized spacial score (nSPS) is 11.6. The van der Waals surface area contributed by atoms with Crippen molar-refractivity contribution in [3.8, 4) is 0 Å². The number of para-hydroxylation sites is 1. The molecule has 1 aromatic carbocycles. The van der Waals surface area contributed by atoms with Gasteiger partial charge < -0.3 is 5.73 Å². The van der Waals surface area contributed by atoms with Gasteiger partial charge in [0.05, 0.1) is 11.2 Å². The highest BCUT2D eigenvalue weighted by Crippen LogP contribution is 2.19. The molecule has 2 N–H and O–H groups in total. The predicted molar refractivity (Wildman–Crippen MR) is 80.0 cm³/mol. The summed E-state index contributed by atoms with van der Waals surface area (Å²) in [7, 11) is 0. The molecule has 0 spiro atoms. The molecule has 0 saturated carbocycles. The summed E-state index contributed by atoms with van der Waals surface area (Å²) in [5.41, 5.74) is 8.00. The molecule has 1 aromatic heterocycles. The van der Waals surface area contributed by atoms with E-state index in [2.05, 4.69) is 47.7 Å². The molecule has 4 heteroatoms. The molecule has 104 valence electrons. The number of nitrogens with two attached hydrogens (primary N) is 1. The van der Waals surface area contributed by atoms with Crippen LogP contribution >= 0.6 is 0 Å². The van der Waals surface area contributed by atoms with E-state index in [0.717, 1.165) is 39.1 Å². The molecule has 0 aliphatic carbocycles. The maximum absolute atomic E-state index is 5.59. The maximum atomic E-state index is 5.59. The molecule has 1 heterocycles. The Morgan fingerprint density at radius 2 is 2.05 bits per heavy atom. The van der Waals surface area contributed by atoms with E-state index in [1.165, 1.54) is 16.6 Å². The zero-order valence-electron chi connectivity index (χ0n) is 12.0. The fraction of sp³-hybridized carbons (Fsp3) is 0.533. The van der Waals surface area contributed by atoms with Crippen LogP contribution < -0.4 is 5.73 Å². The summed E-state index contributed by atoms with van der Waals surface area (Å²) in [6.07, 6.45) is 1.04. The van der Waals surface area contributed by atoms with Crippen molar-refractivity contribution in [2.45, 2.75) is 33.4 Å². The monoisotopic (exact) mass is 260 g/mol. The fourth-order valence-electron chi connectivity index (χ4n) is 2.43. The molecular weight excluding hydrogens is 236 g/mol. The van der Waals surface area contributed by atoms with Crippen LogP contribution in [0.2, 0.25) is 0 Å². The van der Waals surface area contributed by atoms with Gasteiger partial charge in [-0.25, -0.2) is 0 Å². The first-order valence-corrected chi connectivity index (χ1v) is 7.17. The van der Waals surface area contributed by atoms with Gasteiger partial charge in [-0.3, -0.25) is 9.58 Å². The van der Waals surface area contributed by atoms with Crippen LogP contribution in [-0.4, -0.2) is 34.3 Å². The summed E-state index contributed by atoms with van der Waals surface area (Å²) < 4.78 is 2.08. The summed E-state index contributed by atoms with van der Waals surface area (Å²) in [5.74, 6) is 0. The molecule has 0 atom stereocenters. The van der Waals surface area contributed by atoms with Crippen LogP contribution in [0.15, 0.2) is 24.3 Å². The van der Waals surface area contributed by atoms with Gasteiger partial charge in [-0.2, -0.15) is 5.10 Å². The van der Waals surface area contributed by atoms with Gasteiger partial charge in [0, 0.05) is 18.5 Å². The number of hydrogen-bond acceptors (Lipinski definition) is 3. The van der Waals surface area contributed by atoms with E-state index < -0.39 is 0 Å². The highest BCUT2D eigenvalue weighted by Gasteiger charge is 2.12. The van der Waals surface area contributed by atoms with Crippen molar-refractivity contribution < 1.29 is 0 Å². The Hall–Kier alpha value is -1.39. The van der Waals surface area contributed by atoms with Gasteiger partial charge in [0.25, 0.3) is 0 Å². The van der Waals surface area contributed by atoms with E-state index in [9.17, 15) is 0 Å². The number of aryl methyl sites for hydroxylation is 1. The molecule has 0 fully saturated rings. The van der Waals surface area contributed by atoms with Crippen molar-refractivity contribution in [2.24, 2.45) is 5.73 Å². The van der Waals surface area contributed by atoms with Gasteiger partial charge in [-0.15, -0.1) is 0 Å². The fourth-order valence-corrected chi connectivity index (χ4v) is 2.43. The summed E-state index contributed by atoms with van der Waals surface area (Å²) in [5, 5.41) is 6.02. The lowest BCUT2D eigenvalue weighted by Crippen LogP contribution is -2.26. The zero-order valence-corrected chi connectivity index (χ0v) is 12.0. The number of aromatic nitrogens is 2. The lowest BCUT2D eigenvalue weighted by Gasteiger charge is -2.18. The van der Waals surface area contributed by atoms with Crippen LogP contribution in [0.5, 0.6) is 0 Å². The number of nitrogens with zero attached hydrogens (tertiary/aromatic N) is 3. The summed E-state index contributed by atoms with van der Waals surface area (Å²) in [6.45, 7) is 8.97. The standard InChI is InChI=1S/C15H24N4/c1-3-18(11-7-10-16)12-14-13-8-5-6-9-15(13)19(4-2)17-14/h5-6,8-9H,3-4,7,10-12,16H2,1-2H3. The van der Waals surface area contributed by atoms with Crippen molar-refractivity contribution in [3.63, 3.8) is 0 Å². The van der Waals surface area contributed by atoms with Crippen LogP contribution in [0.25, 0.3) is 10.9 Å². The Morgan fingerprint density at radius 3 is 2.74 bits per heavy atom. The second kappa shape index (κ2) is 6.68. The highest BCUT2D eigenvalue weighted by molar-refractivity contribution is 5.81. The van der Waals surface area contributed by atoms with Gasteiger partial charge in [0.1, 0.15) is 0 Å². The smallest absolute Gasteiger partial charge is 0.0843 e. The first kappa shape index (κ1) is 14.0. The van der Waals surface area contributed by atoms with Crippen LogP contribution in [0.4, 0.5) is 0 Å². The number of hydrogen-bond donors (Lipinski definition) is 1. The van der Waals surface area contributed by atoms with E-state index in [0.29, 0.717) is 0 Å². The Kier molecular flexibility index (Phi) is 4.93. The molecule has 19 heavy (non-hydrogen) atoms. The largest absolute Gasteiger partial charge is 0.330 e. The number of rotatable bonds is 7. The quantitative estimate of drug-likeness (QED) is 0.830. The SMILES string of the molecule is CCN(CCCN)Cc1nn(CC)c2ccccc12. The van der Waals surface area contributed by atoms with Gasteiger partial charge in [0.15, 0.2) is 0 Å². The molecule has 4 nitrogen and oxygen atoms in total. The first-order valence-electron chi connectivity index (χ1n) is 7.17. The predicted octanol–water partition coefficient (Wildman–Crippen LogP) is 2.23. The lowest BCUT2D eigenvalue weighted by atomic mass is 10.2. The van der Waals surface area contributed by atoms with Crippen molar-refractivity contribution in [3.05, 3.63) is 30.0 Å². The average Bonchev–Trinajstić information content (AvgIpc) is 2.81. The van der Waals surface area contributed by atoms with E-state index in [4.69, 9.17) is 10.8 Å². The van der Waals surface area contributed by atoms with Gasteiger partial charge in [-0.05, 0) is 39.0 Å². The minimum absolute atomic E-state index is 0.751. The zero-order chi connectivity index (χ0) is 13.7. The Bertz CT molecular complexity index is 518. The second-order valence-electron chi connectivity index (χ2n) is 4.79. The third kappa shape index (κ3) is 3.14. The minimum atomic E-state index is 0.751. The van der Waals surface area contributed by atoms with E-state index in [1.54, 1.807) is 0 Å². The van der Waals surface area contributed by atoms with Crippen molar-refractivity contribution in [1.82, 2.24) is 14.7 Å². The molecule has 2 aromatic rings. The summed E-state index contributed by atoms with van der Waals surface area (Å²) in [6, 6.07) is 8.47. The van der Waals surface area contributed by atoms with E-state index >= 15 is 0 Å². The number of benzene rings is 1. The first-order chi connectivity index (χ1) is 9.30. The number of fused-ring (bicyclic) bond motifs is 1. The highest BCUT2D eigenvalue weighted by atomic mass is 15.3. The second-order valence-corrected chi connectivity index (χ2v) is 4.79. The molecule has 0 bridgehead atoms. The van der Waals surface area contributed by atoms with E-state index in [1.807, 2.05) is 0 Å². The molecule has 0 aliphatic heterocycles. The maximum Gasteiger partial charge on any atom is 0.0843 e. The molecular formula is C15H24N4. The van der Waals surface area contributed by atoms with Crippen LogP contribution in [-0.2, 0) is 13.1 Å². The van der Waals surface area contributed by atoms with Crippen molar-refractivity contribution in [2.75, 3.05) is 19.6 Å². The Morgan fingerprint density at radius 1 is 1.26 bits per heavy atom. The molecule has 0 amide bonds. The summed E-state index contributed by atoms with van der Waals surface area (Å²) in [4.78, 5) is 2.40. The average molecular weight is 260 g/mol. The minimum Gasteiger partial charge on any atom is -0.330 e. The molecule has 0 saturated heterocycles. The van der Waals surface area contributed by atoms with Gasteiger partial charge >= 0.3 is 0 Å².